The summed E-state index contributed by atoms with van der Waals surface area (Å²) >= 11 is 0. The van der Waals surface area contributed by atoms with Crippen molar-refractivity contribution in [2.45, 2.75) is 19.3 Å². The van der Waals surface area contributed by atoms with Crippen LogP contribution in [0.2, 0.25) is 0 Å². The van der Waals surface area contributed by atoms with Gasteiger partial charge in [-0.05, 0) is 12.1 Å². The quantitative estimate of drug-likeness (QED) is 0.778. The van der Waals surface area contributed by atoms with Crippen LogP contribution in [0, 0.1) is 0 Å². The van der Waals surface area contributed by atoms with E-state index >= 15 is 0 Å². The van der Waals surface area contributed by atoms with E-state index in [4.69, 9.17) is 4.42 Å². The molecule has 0 atom stereocenters. The normalized spacial score (nSPS) is 11.6. The number of oxazole rings is 1. The molecule has 0 aliphatic carbocycles. The number of anilines is 1. The molecule has 23 heavy (non-hydrogen) atoms. The molecule has 0 bridgehead atoms. The monoisotopic (exact) mass is 322 g/mol. The van der Waals surface area contributed by atoms with Crippen molar-refractivity contribution in [1.82, 2.24) is 14.8 Å². The summed E-state index contributed by atoms with van der Waals surface area (Å²) in [4.78, 5) is 4.32. The van der Waals surface area contributed by atoms with Gasteiger partial charge in [-0.25, -0.2) is 4.98 Å². The van der Waals surface area contributed by atoms with Crippen LogP contribution in [0.3, 0.4) is 0 Å². The number of nitrogens with one attached hydrogen (secondary N) is 1. The predicted octanol–water partition coefficient (Wildman–Crippen LogP) is 3.71. The van der Waals surface area contributed by atoms with E-state index in [0.717, 1.165) is 10.2 Å². The average Bonchev–Trinajstić information content (AvgIpc) is 3.13. The standard InChI is InChI=1S/C15H13F3N4O/c16-15(17,18)10-22-7-6-13(21-22)19-8-12-9-23-14(20-12)11-4-2-1-3-5-11/h1-7,9H,8,10H2,(H,19,21). The Hall–Kier alpha value is -2.77. The van der Waals surface area contributed by atoms with Crippen molar-refractivity contribution >= 4 is 5.82 Å². The fourth-order valence-corrected chi connectivity index (χ4v) is 2.01. The first-order valence-corrected chi connectivity index (χ1v) is 6.83. The molecule has 0 spiro atoms. The maximum absolute atomic E-state index is 12.3. The minimum absolute atomic E-state index is 0.305. The van der Waals surface area contributed by atoms with Crippen LogP contribution in [-0.4, -0.2) is 20.9 Å². The first kappa shape index (κ1) is 15.1. The minimum atomic E-state index is -4.29. The molecule has 2 heterocycles. The van der Waals surface area contributed by atoms with E-state index in [1.807, 2.05) is 30.3 Å². The largest absolute Gasteiger partial charge is 0.444 e. The highest BCUT2D eigenvalue weighted by atomic mass is 19.4. The van der Waals surface area contributed by atoms with Gasteiger partial charge in [0.25, 0.3) is 0 Å². The lowest BCUT2D eigenvalue weighted by molar-refractivity contribution is -0.142. The van der Waals surface area contributed by atoms with E-state index < -0.39 is 12.7 Å². The maximum Gasteiger partial charge on any atom is 0.408 e. The number of rotatable bonds is 5. The van der Waals surface area contributed by atoms with Gasteiger partial charge in [-0.2, -0.15) is 18.3 Å². The van der Waals surface area contributed by atoms with E-state index in [9.17, 15) is 13.2 Å². The van der Waals surface area contributed by atoms with Gasteiger partial charge >= 0.3 is 6.18 Å². The van der Waals surface area contributed by atoms with Gasteiger partial charge in [-0.3, -0.25) is 4.68 Å². The van der Waals surface area contributed by atoms with Gasteiger partial charge in [0.15, 0.2) is 0 Å². The number of hydrogen-bond donors (Lipinski definition) is 1. The van der Waals surface area contributed by atoms with Crippen LogP contribution in [0.5, 0.6) is 0 Å². The van der Waals surface area contributed by atoms with E-state index in [2.05, 4.69) is 15.4 Å². The Labute approximate surface area is 129 Å². The Balaban J connectivity index is 1.60. The number of hydrogen-bond acceptors (Lipinski definition) is 4. The van der Waals surface area contributed by atoms with Gasteiger partial charge in [0.05, 0.1) is 12.2 Å². The van der Waals surface area contributed by atoms with Crippen LogP contribution in [-0.2, 0) is 13.1 Å². The van der Waals surface area contributed by atoms with Crippen LogP contribution in [0.4, 0.5) is 19.0 Å². The summed E-state index contributed by atoms with van der Waals surface area (Å²) in [6, 6.07) is 10.9. The number of alkyl halides is 3. The van der Waals surface area contributed by atoms with Crippen molar-refractivity contribution in [1.29, 1.82) is 0 Å². The van der Waals surface area contributed by atoms with Crippen LogP contribution in [0.15, 0.2) is 53.3 Å². The molecule has 3 rings (SSSR count). The Morgan fingerprint density at radius 2 is 1.91 bits per heavy atom. The third-order valence-corrected chi connectivity index (χ3v) is 3.01. The highest BCUT2D eigenvalue weighted by Crippen LogP contribution is 2.19. The molecule has 0 aliphatic heterocycles. The van der Waals surface area contributed by atoms with Crippen LogP contribution in [0.25, 0.3) is 11.5 Å². The summed E-state index contributed by atoms with van der Waals surface area (Å²) in [5.74, 6) is 0.837. The molecular weight excluding hydrogens is 309 g/mol. The molecule has 3 aromatic rings. The van der Waals surface area contributed by atoms with Crippen molar-refractivity contribution in [2.75, 3.05) is 5.32 Å². The Morgan fingerprint density at radius 3 is 2.65 bits per heavy atom. The van der Waals surface area contributed by atoms with Crippen molar-refractivity contribution < 1.29 is 17.6 Å². The van der Waals surface area contributed by atoms with Crippen LogP contribution >= 0.6 is 0 Å². The molecule has 0 fully saturated rings. The second-order valence-electron chi connectivity index (χ2n) is 4.88. The molecule has 5 nitrogen and oxygen atoms in total. The zero-order valence-corrected chi connectivity index (χ0v) is 11.9. The summed E-state index contributed by atoms with van der Waals surface area (Å²) in [5.41, 5.74) is 1.49. The molecule has 120 valence electrons. The highest BCUT2D eigenvalue weighted by Gasteiger charge is 2.28. The van der Waals surface area contributed by atoms with Gasteiger partial charge in [-0.15, -0.1) is 0 Å². The van der Waals surface area contributed by atoms with E-state index in [-0.39, 0.29) is 0 Å². The molecule has 1 aromatic carbocycles. The minimum Gasteiger partial charge on any atom is -0.444 e. The number of aromatic nitrogens is 3. The van der Waals surface area contributed by atoms with Gasteiger partial charge in [0, 0.05) is 17.8 Å². The second kappa shape index (κ2) is 6.15. The molecule has 1 N–H and O–H groups in total. The third-order valence-electron chi connectivity index (χ3n) is 3.01. The molecular formula is C15H13F3N4O. The molecule has 8 heteroatoms. The Kier molecular flexibility index (Phi) is 4.05. The lowest BCUT2D eigenvalue weighted by Crippen LogP contribution is -2.18. The van der Waals surface area contributed by atoms with Gasteiger partial charge in [-0.1, -0.05) is 18.2 Å². The summed E-state index contributed by atoms with van der Waals surface area (Å²) in [5, 5.41) is 6.71. The third kappa shape index (κ3) is 4.12. The molecule has 0 amide bonds. The zero-order valence-electron chi connectivity index (χ0n) is 11.9. The fraction of sp³-hybridized carbons (Fsp3) is 0.200. The number of nitrogens with zero attached hydrogens (tertiary/aromatic N) is 3. The Morgan fingerprint density at radius 1 is 1.13 bits per heavy atom. The predicted molar refractivity (Wildman–Crippen MR) is 77.5 cm³/mol. The molecule has 0 saturated carbocycles. The smallest absolute Gasteiger partial charge is 0.408 e. The highest BCUT2D eigenvalue weighted by molar-refractivity contribution is 5.52. The van der Waals surface area contributed by atoms with Crippen molar-refractivity contribution in [3.8, 4) is 11.5 Å². The lowest BCUT2D eigenvalue weighted by Gasteiger charge is -2.05. The molecule has 0 aliphatic rings. The van der Waals surface area contributed by atoms with E-state index in [0.29, 0.717) is 23.9 Å². The number of benzene rings is 1. The second-order valence-corrected chi connectivity index (χ2v) is 4.88. The van der Waals surface area contributed by atoms with Crippen LogP contribution in [0.1, 0.15) is 5.69 Å². The molecule has 0 radical (unpaired) electrons. The molecule has 0 saturated heterocycles. The fourth-order valence-electron chi connectivity index (χ4n) is 2.01. The molecule has 0 unspecified atom stereocenters. The summed E-state index contributed by atoms with van der Waals surface area (Å²) < 4.78 is 43.0. The first-order valence-electron chi connectivity index (χ1n) is 6.83. The van der Waals surface area contributed by atoms with Crippen LogP contribution < -0.4 is 5.32 Å². The van der Waals surface area contributed by atoms with Crippen molar-refractivity contribution in [3.05, 3.63) is 54.6 Å². The average molecular weight is 322 g/mol. The van der Waals surface area contributed by atoms with Gasteiger partial charge in [0.2, 0.25) is 5.89 Å². The molecule has 2 aromatic heterocycles. The van der Waals surface area contributed by atoms with E-state index in [1.165, 1.54) is 18.5 Å². The summed E-state index contributed by atoms with van der Waals surface area (Å²) in [7, 11) is 0. The van der Waals surface area contributed by atoms with E-state index in [1.54, 1.807) is 0 Å². The maximum atomic E-state index is 12.3. The summed E-state index contributed by atoms with van der Waals surface area (Å²) in [6.45, 7) is -0.809. The zero-order chi connectivity index (χ0) is 16.3. The van der Waals surface area contributed by atoms with Gasteiger partial charge < -0.3 is 9.73 Å². The SMILES string of the molecule is FC(F)(F)Cn1ccc(NCc2coc(-c3ccccc3)n2)n1. The Bertz CT molecular complexity index is 764. The topological polar surface area (TPSA) is 55.9 Å². The number of halogens is 3. The van der Waals surface area contributed by atoms with Gasteiger partial charge in [0.1, 0.15) is 18.6 Å². The van der Waals surface area contributed by atoms with Crippen molar-refractivity contribution in [3.63, 3.8) is 0 Å². The summed E-state index contributed by atoms with van der Waals surface area (Å²) in [6.07, 6.45) is -1.52. The lowest BCUT2D eigenvalue weighted by atomic mass is 10.2. The van der Waals surface area contributed by atoms with Crippen molar-refractivity contribution in [2.24, 2.45) is 0 Å². The first-order chi connectivity index (χ1) is 11.0.